The number of dihydropyridines is 1. The van der Waals surface area contributed by atoms with Crippen LogP contribution in [0, 0.1) is 5.92 Å². The number of fused-ring (bicyclic) bond motifs is 2. The van der Waals surface area contributed by atoms with E-state index in [0.717, 1.165) is 43.4 Å². The summed E-state index contributed by atoms with van der Waals surface area (Å²) in [6.45, 7) is 0. The van der Waals surface area contributed by atoms with Gasteiger partial charge in [0.1, 0.15) is 0 Å². The molecule has 3 aliphatic rings. The van der Waals surface area contributed by atoms with Gasteiger partial charge in [-0.15, -0.1) is 0 Å². The number of aliphatic hydroxyl groups is 1. The molecule has 0 aromatic heterocycles. The second-order valence-corrected chi connectivity index (χ2v) is 5.08. The van der Waals surface area contributed by atoms with Gasteiger partial charge in [0.05, 0.1) is 12.1 Å². The highest BCUT2D eigenvalue weighted by atomic mass is 16.3. The van der Waals surface area contributed by atoms with Crippen molar-refractivity contribution in [1.29, 1.82) is 0 Å². The summed E-state index contributed by atoms with van der Waals surface area (Å²) in [4.78, 5) is 16.5. The van der Waals surface area contributed by atoms with E-state index in [9.17, 15) is 9.90 Å². The fraction of sp³-hybridized carbons (Fsp3) is 0.692. The average molecular weight is 219 g/mol. The fourth-order valence-corrected chi connectivity index (χ4v) is 3.11. The summed E-state index contributed by atoms with van der Waals surface area (Å²) in [5.41, 5.74) is 1.82. The van der Waals surface area contributed by atoms with Crippen LogP contribution in [0.1, 0.15) is 38.5 Å². The van der Waals surface area contributed by atoms with Crippen molar-refractivity contribution in [2.45, 2.75) is 50.7 Å². The van der Waals surface area contributed by atoms with E-state index in [0.29, 0.717) is 6.42 Å². The van der Waals surface area contributed by atoms with Crippen molar-refractivity contribution in [2.75, 3.05) is 0 Å². The maximum atomic E-state index is 11.8. The van der Waals surface area contributed by atoms with Crippen LogP contribution < -0.4 is 0 Å². The van der Waals surface area contributed by atoms with Crippen LogP contribution in [0.4, 0.5) is 0 Å². The van der Waals surface area contributed by atoms with Crippen LogP contribution in [0.15, 0.2) is 16.6 Å². The minimum Gasteiger partial charge on any atom is -0.392 e. The van der Waals surface area contributed by atoms with Crippen LogP contribution in [0.25, 0.3) is 0 Å². The van der Waals surface area contributed by atoms with Crippen molar-refractivity contribution < 1.29 is 9.90 Å². The minimum atomic E-state index is -0.300. The van der Waals surface area contributed by atoms with Gasteiger partial charge in [-0.2, -0.15) is 0 Å². The molecule has 3 rings (SSSR count). The number of Topliss-reactive ketones (excluding diaryl/α,β-unsaturated/α-hetero) is 1. The third kappa shape index (κ3) is 1.54. The maximum Gasteiger partial charge on any atom is 0.164 e. The van der Waals surface area contributed by atoms with Gasteiger partial charge in [-0.05, 0) is 32.1 Å². The number of hydrogen-bond acceptors (Lipinski definition) is 3. The molecule has 2 saturated carbocycles. The van der Waals surface area contributed by atoms with Gasteiger partial charge in [0.2, 0.25) is 0 Å². The second kappa shape index (κ2) is 3.81. The summed E-state index contributed by atoms with van der Waals surface area (Å²) in [6.07, 6.45) is 7.21. The summed E-state index contributed by atoms with van der Waals surface area (Å²) in [6, 6.07) is 0.230. The normalized spacial score (nSPS) is 38.3. The molecule has 0 bridgehead atoms. The van der Waals surface area contributed by atoms with Gasteiger partial charge >= 0.3 is 0 Å². The number of nitrogens with zero attached hydrogens (tertiary/aromatic N) is 1. The Labute approximate surface area is 95.3 Å². The van der Waals surface area contributed by atoms with Crippen LogP contribution in [0.2, 0.25) is 0 Å². The number of rotatable bonds is 0. The van der Waals surface area contributed by atoms with E-state index in [4.69, 9.17) is 4.99 Å². The molecule has 3 heteroatoms. The van der Waals surface area contributed by atoms with Gasteiger partial charge < -0.3 is 5.11 Å². The Bertz CT molecular complexity index is 383. The van der Waals surface area contributed by atoms with Crippen molar-refractivity contribution in [3.05, 3.63) is 11.6 Å². The van der Waals surface area contributed by atoms with Gasteiger partial charge in [-0.3, -0.25) is 9.79 Å². The standard InChI is InChI=1S/C13H17NO2/c15-12-5-1-3-10-8(12)7-9-11(14-10)4-2-6-13(9)16/h7-8,10,12,15H,1-6H2. The second-order valence-electron chi connectivity index (χ2n) is 5.08. The van der Waals surface area contributed by atoms with E-state index in [2.05, 4.69) is 0 Å². The van der Waals surface area contributed by atoms with Crippen molar-refractivity contribution in [3.63, 3.8) is 0 Å². The van der Waals surface area contributed by atoms with Crippen molar-refractivity contribution in [2.24, 2.45) is 10.9 Å². The SMILES string of the molecule is O=C1CCCC2=NC3CCCC(O)C3C=C12. The number of carbonyl (C=O) groups is 1. The molecule has 2 aliphatic carbocycles. The van der Waals surface area contributed by atoms with E-state index in [1.165, 1.54) is 0 Å². The molecule has 0 amide bonds. The highest BCUT2D eigenvalue weighted by Crippen LogP contribution is 2.35. The number of carbonyl (C=O) groups excluding carboxylic acids is 1. The van der Waals surface area contributed by atoms with Crippen molar-refractivity contribution in [1.82, 2.24) is 0 Å². The van der Waals surface area contributed by atoms with Crippen LogP contribution in [0.5, 0.6) is 0 Å². The third-order valence-corrected chi connectivity index (χ3v) is 4.00. The molecule has 2 fully saturated rings. The first-order valence-electron chi connectivity index (χ1n) is 6.26. The molecular weight excluding hydrogens is 202 g/mol. The Kier molecular flexibility index (Phi) is 2.43. The minimum absolute atomic E-state index is 0.0922. The maximum absolute atomic E-state index is 11.8. The molecule has 1 heterocycles. The van der Waals surface area contributed by atoms with E-state index >= 15 is 0 Å². The number of hydrogen-bond donors (Lipinski definition) is 1. The molecule has 3 atom stereocenters. The lowest BCUT2D eigenvalue weighted by atomic mass is 9.76. The van der Waals surface area contributed by atoms with Gasteiger partial charge in [0.25, 0.3) is 0 Å². The number of aliphatic hydroxyl groups excluding tert-OH is 1. The molecule has 3 nitrogen and oxygen atoms in total. The Morgan fingerprint density at radius 3 is 3.00 bits per heavy atom. The molecule has 0 spiro atoms. The van der Waals surface area contributed by atoms with Crippen LogP contribution in [-0.4, -0.2) is 28.7 Å². The molecule has 16 heavy (non-hydrogen) atoms. The summed E-state index contributed by atoms with van der Waals surface area (Å²) in [5.74, 6) is 0.316. The van der Waals surface area contributed by atoms with E-state index in [1.807, 2.05) is 6.08 Å². The van der Waals surface area contributed by atoms with Crippen LogP contribution in [0.3, 0.4) is 0 Å². The average Bonchev–Trinajstić information content (AvgIpc) is 2.28. The molecule has 1 aliphatic heterocycles. The summed E-state index contributed by atoms with van der Waals surface area (Å²) in [7, 11) is 0. The van der Waals surface area contributed by atoms with Gasteiger partial charge in [0.15, 0.2) is 5.78 Å². The zero-order chi connectivity index (χ0) is 11.1. The quantitative estimate of drug-likeness (QED) is 0.673. The molecule has 3 unspecified atom stereocenters. The molecule has 0 aromatic rings. The Hall–Kier alpha value is -0.960. The fourth-order valence-electron chi connectivity index (χ4n) is 3.11. The van der Waals surface area contributed by atoms with Gasteiger partial charge in [0, 0.05) is 23.6 Å². The number of ketones is 1. The number of allylic oxidation sites excluding steroid dienone is 1. The molecule has 1 N–H and O–H groups in total. The first kappa shape index (κ1) is 10.2. The summed E-state index contributed by atoms with van der Waals surface area (Å²) in [5, 5.41) is 9.96. The highest BCUT2D eigenvalue weighted by Gasteiger charge is 2.36. The van der Waals surface area contributed by atoms with E-state index < -0.39 is 0 Å². The molecule has 0 radical (unpaired) electrons. The van der Waals surface area contributed by atoms with Gasteiger partial charge in [-0.25, -0.2) is 0 Å². The van der Waals surface area contributed by atoms with Crippen LogP contribution in [-0.2, 0) is 4.79 Å². The largest absolute Gasteiger partial charge is 0.392 e. The Morgan fingerprint density at radius 2 is 2.12 bits per heavy atom. The summed E-state index contributed by atoms with van der Waals surface area (Å²) < 4.78 is 0. The van der Waals surface area contributed by atoms with E-state index in [1.54, 1.807) is 0 Å². The summed E-state index contributed by atoms with van der Waals surface area (Å²) >= 11 is 0. The molecule has 0 aromatic carbocycles. The first-order valence-corrected chi connectivity index (χ1v) is 6.26. The monoisotopic (exact) mass is 219 g/mol. The molecule has 86 valence electrons. The lowest BCUT2D eigenvalue weighted by molar-refractivity contribution is -0.115. The zero-order valence-electron chi connectivity index (χ0n) is 9.35. The van der Waals surface area contributed by atoms with Crippen LogP contribution >= 0.6 is 0 Å². The smallest absolute Gasteiger partial charge is 0.164 e. The predicted octanol–water partition coefficient (Wildman–Crippen LogP) is 1.65. The third-order valence-electron chi connectivity index (χ3n) is 4.00. The van der Waals surface area contributed by atoms with Crippen molar-refractivity contribution >= 4 is 11.5 Å². The zero-order valence-corrected chi connectivity index (χ0v) is 9.35. The van der Waals surface area contributed by atoms with Crippen molar-refractivity contribution in [3.8, 4) is 0 Å². The Balaban J connectivity index is 1.95. The molecule has 0 saturated heterocycles. The van der Waals surface area contributed by atoms with Gasteiger partial charge in [-0.1, -0.05) is 6.08 Å². The van der Waals surface area contributed by atoms with E-state index in [-0.39, 0.29) is 23.8 Å². The Morgan fingerprint density at radius 1 is 1.25 bits per heavy atom. The lowest BCUT2D eigenvalue weighted by Crippen LogP contribution is -2.39. The molecular formula is C13H17NO2. The number of aliphatic imine (C=N–C) groups is 1. The highest BCUT2D eigenvalue weighted by molar-refractivity contribution is 6.24. The predicted molar refractivity (Wildman–Crippen MR) is 61.5 cm³/mol. The first-order chi connectivity index (χ1) is 7.75. The topological polar surface area (TPSA) is 49.7 Å². The lowest BCUT2D eigenvalue weighted by Gasteiger charge is -2.36.